The molecule has 2 N–H and O–H groups in total. The molecule has 5 nitrogen and oxygen atoms in total. The topological polar surface area (TPSA) is 82.4 Å². The molecule has 0 atom stereocenters. The maximum atomic E-state index is 13.4. The zero-order chi connectivity index (χ0) is 17.7. The van der Waals surface area contributed by atoms with E-state index in [4.69, 9.17) is 10.00 Å². The fourth-order valence-electron chi connectivity index (χ4n) is 2.77. The van der Waals surface area contributed by atoms with Crippen LogP contribution in [0, 0.1) is 23.0 Å². The van der Waals surface area contributed by atoms with Gasteiger partial charge in [0.1, 0.15) is 0 Å². The van der Waals surface area contributed by atoms with Crippen LogP contribution in [0.4, 0.5) is 20.2 Å². The number of carbonyl (C=O) groups is 1. The number of aromatic carboxylic acids is 1. The number of nitrogens with one attached hydrogen (secondary N) is 1. The molecule has 1 heterocycles. The molecule has 0 amide bonds. The minimum Gasteiger partial charge on any atom is -0.478 e. The Morgan fingerprint density at radius 2 is 1.72 bits per heavy atom. The second kappa shape index (κ2) is 5.18. The van der Waals surface area contributed by atoms with Crippen LogP contribution in [-0.4, -0.2) is 11.1 Å². The van der Waals surface area contributed by atoms with E-state index < -0.39 is 17.6 Å². The number of benzene rings is 3. The predicted octanol–water partition coefficient (Wildman–Crippen LogP) is 4.54. The minimum absolute atomic E-state index is 0.120. The molecule has 0 aromatic heterocycles. The van der Waals surface area contributed by atoms with Crippen LogP contribution < -0.4 is 10.1 Å². The van der Waals surface area contributed by atoms with Crippen LogP contribution in [0.3, 0.4) is 0 Å². The van der Waals surface area contributed by atoms with Gasteiger partial charge < -0.3 is 15.2 Å². The molecule has 0 saturated heterocycles. The van der Waals surface area contributed by atoms with Crippen LogP contribution in [0.25, 0.3) is 10.8 Å². The van der Waals surface area contributed by atoms with Crippen molar-refractivity contribution in [2.45, 2.75) is 0 Å². The van der Waals surface area contributed by atoms with Gasteiger partial charge in [0.05, 0.1) is 28.6 Å². The van der Waals surface area contributed by atoms with Crippen molar-refractivity contribution in [1.82, 2.24) is 0 Å². The zero-order valence-electron chi connectivity index (χ0n) is 12.4. The van der Waals surface area contributed by atoms with Crippen LogP contribution in [0.15, 0.2) is 36.4 Å². The number of rotatable bonds is 1. The summed E-state index contributed by atoms with van der Waals surface area (Å²) in [6.45, 7) is 0. The highest BCUT2D eigenvalue weighted by Gasteiger charge is 2.24. The molecule has 0 unspecified atom stereocenters. The number of nitriles is 1. The van der Waals surface area contributed by atoms with Gasteiger partial charge in [-0.15, -0.1) is 0 Å². The number of ether oxygens (including phenoxy) is 1. The number of hydrogen-bond acceptors (Lipinski definition) is 4. The van der Waals surface area contributed by atoms with E-state index in [1.165, 1.54) is 18.2 Å². The Morgan fingerprint density at radius 1 is 1.04 bits per heavy atom. The lowest BCUT2D eigenvalue weighted by atomic mass is 10.0. The van der Waals surface area contributed by atoms with Gasteiger partial charge in [-0.1, -0.05) is 0 Å². The molecule has 0 bridgehead atoms. The quantitative estimate of drug-likeness (QED) is 0.532. The molecule has 3 aromatic rings. The highest BCUT2D eigenvalue weighted by molar-refractivity contribution is 6.00. The normalized spacial score (nSPS) is 11.7. The van der Waals surface area contributed by atoms with Crippen molar-refractivity contribution in [2.24, 2.45) is 0 Å². The molecule has 7 heteroatoms. The summed E-state index contributed by atoms with van der Waals surface area (Å²) in [6.07, 6.45) is 0. The Hall–Kier alpha value is -3.66. The van der Waals surface area contributed by atoms with Gasteiger partial charge in [-0.3, -0.25) is 0 Å². The van der Waals surface area contributed by atoms with E-state index in [0.29, 0.717) is 22.2 Å². The Balaban J connectivity index is 1.91. The number of fused-ring (bicyclic) bond motifs is 3. The van der Waals surface area contributed by atoms with E-state index in [2.05, 4.69) is 5.32 Å². The van der Waals surface area contributed by atoms with Crippen molar-refractivity contribution in [3.05, 3.63) is 59.2 Å². The summed E-state index contributed by atoms with van der Waals surface area (Å²) in [5.41, 5.74) is 0.625. The smallest absolute Gasteiger partial charge is 0.338 e. The summed E-state index contributed by atoms with van der Waals surface area (Å²) in [5.74, 6) is -2.68. The molecular formula is C18H8F2N2O3. The van der Waals surface area contributed by atoms with Crippen LogP contribution in [-0.2, 0) is 0 Å². The number of carboxylic acid groups (broad SMARTS) is 1. The number of halogens is 2. The van der Waals surface area contributed by atoms with Gasteiger partial charge in [0, 0.05) is 6.07 Å². The molecule has 0 aliphatic carbocycles. The Bertz CT molecular complexity index is 1120. The standard InChI is InChI=1S/C18H8F2N2O3/c19-12-3-9-5-14-15(6-10(9)4-13(12)20)25-16-2-8(7-21)1-11(18(23)24)17(16)22-14/h1-6,22H,(H,23,24). The molecule has 1 aliphatic heterocycles. The van der Waals surface area contributed by atoms with Crippen molar-refractivity contribution in [1.29, 1.82) is 5.26 Å². The summed E-state index contributed by atoms with van der Waals surface area (Å²) >= 11 is 0. The van der Waals surface area contributed by atoms with Crippen molar-refractivity contribution in [3.63, 3.8) is 0 Å². The summed E-state index contributed by atoms with van der Waals surface area (Å²) in [5, 5.41) is 22.2. The predicted molar refractivity (Wildman–Crippen MR) is 85.3 cm³/mol. The lowest BCUT2D eigenvalue weighted by molar-refractivity contribution is 0.0697. The summed E-state index contributed by atoms with van der Waals surface area (Å²) in [6, 6.07) is 9.69. The summed E-state index contributed by atoms with van der Waals surface area (Å²) in [4.78, 5) is 11.5. The van der Waals surface area contributed by atoms with Crippen LogP contribution >= 0.6 is 0 Å². The van der Waals surface area contributed by atoms with Gasteiger partial charge in [0.2, 0.25) is 0 Å². The maximum Gasteiger partial charge on any atom is 0.338 e. The van der Waals surface area contributed by atoms with Crippen molar-refractivity contribution >= 4 is 28.1 Å². The third-order valence-electron chi connectivity index (χ3n) is 3.92. The van der Waals surface area contributed by atoms with E-state index in [1.54, 1.807) is 6.07 Å². The molecule has 122 valence electrons. The van der Waals surface area contributed by atoms with Crippen molar-refractivity contribution in [3.8, 4) is 17.6 Å². The molecule has 0 spiro atoms. The van der Waals surface area contributed by atoms with Crippen LogP contribution in [0.2, 0.25) is 0 Å². The molecule has 4 rings (SSSR count). The first-order chi connectivity index (χ1) is 12.0. The van der Waals surface area contributed by atoms with Gasteiger partial charge in [-0.2, -0.15) is 5.26 Å². The fraction of sp³-hybridized carbons (Fsp3) is 0. The molecule has 3 aromatic carbocycles. The minimum atomic E-state index is -1.22. The Labute approximate surface area is 139 Å². The molecule has 1 aliphatic rings. The second-order valence-corrected chi connectivity index (χ2v) is 5.50. The zero-order valence-corrected chi connectivity index (χ0v) is 12.4. The first kappa shape index (κ1) is 14.9. The van der Waals surface area contributed by atoms with Gasteiger partial charge in [0.25, 0.3) is 0 Å². The molecular weight excluding hydrogens is 330 g/mol. The number of carboxylic acids is 1. The number of anilines is 2. The van der Waals surface area contributed by atoms with Crippen molar-refractivity contribution < 1.29 is 23.4 Å². The largest absolute Gasteiger partial charge is 0.478 e. The van der Waals surface area contributed by atoms with Crippen molar-refractivity contribution in [2.75, 3.05) is 5.32 Å². The average molecular weight is 338 g/mol. The van der Waals surface area contributed by atoms with Gasteiger partial charge in [-0.25, -0.2) is 13.6 Å². The third kappa shape index (κ3) is 2.32. The molecule has 0 radical (unpaired) electrons. The van der Waals surface area contributed by atoms with E-state index >= 15 is 0 Å². The van der Waals surface area contributed by atoms with Crippen LogP contribution in [0.5, 0.6) is 11.5 Å². The monoisotopic (exact) mass is 338 g/mol. The second-order valence-electron chi connectivity index (χ2n) is 5.50. The number of hydrogen-bond donors (Lipinski definition) is 2. The van der Waals surface area contributed by atoms with E-state index in [0.717, 1.165) is 12.1 Å². The SMILES string of the molecule is N#Cc1cc2c(c(C(=O)O)c1)Nc1cc3cc(F)c(F)cc3cc1O2. The third-order valence-corrected chi connectivity index (χ3v) is 3.92. The fourth-order valence-corrected chi connectivity index (χ4v) is 2.77. The Morgan fingerprint density at radius 3 is 2.36 bits per heavy atom. The lowest BCUT2D eigenvalue weighted by Gasteiger charge is -2.24. The van der Waals surface area contributed by atoms with Crippen LogP contribution in [0.1, 0.15) is 15.9 Å². The molecule has 0 saturated carbocycles. The van der Waals surface area contributed by atoms with E-state index in [1.807, 2.05) is 6.07 Å². The maximum absolute atomic E-state index is 13.4. The average Bonchev–Trinajstić information content (AvgIpc) is 2.58. The van der Waals surface area contributed by atoms with E-state index in [9.17, 15) is 18.7 Å². The summed E-state index contributed by atoms with van der Waals surface area (Å²) in [7, 11) is 0. The summed E-state index contributed by atoms with van der Waals surface area (Å²) < 4.78 is 32.6. The highest BCUT2D eigenvalue weighted by atomic mass is 19.2. The Kier molecular flexibility index (Phi) is 3.09. The lowest BCUT2D eigenvalue weighted by Crippen LogP contribution is -2.09. The first-order valence-corrected chi connectivity index (χ1v) is 7.15. The molecule has 25 heavy (non-hydrogen) atoms. The molecule has 0 fully saturated rings. The highest BCUT2D eigenvalue weighted by Crippen LogP contribution is 2.45. The van der Waals surface area contributed by atoms with Gasteiger partial charge in [-0.05, 0) is 41.1 Å². The number of nitrogens with zero attached hydrogens (tertiary/aromatic N) is 1. The van der Waals surface area contributed by atoms with E-state index in [-0.39, 0.29) is 22.6 Å². The van der Waals surface area contributed by atoms with Gasteiger partial charge in [0.15, 0.2) is 23.1 Å². The first-order valence-electron chi connectivity index (χ1n) is 7.15. The van der Waals surface area contributed by atoms with Gasteiger partial charge >= 0.3 is 5.97 Å².